The van der Waals surface area contributed by atoms with Gasteiger partial charge in [-0.05, 0) is 6.07 Å². The minimum absolute atomic E-state index is 0.000158. The predicted octanol–water partition coefficient (Wildman–Crippen LogP) is 1.92. The number of amides is 1. The Morgan fingerprint density at radius 3 is 2.50 bits per heavy atom. The van der Waals surface area contributed by atoms with Crippen LogP contribution in [-0.2, 0) is 13.8 Å². The number of non-ortho nitro benzene ring substituents is 1. The van der Waals surface area contributed by atoms with Crippen molar-refractivity contribution in [3.8, 4) is 0 Å². The molecule has 0 bridgehead atoms. The molecule has 0 saturated carbocycles. The van der Waals surface area contributed by atoms with E-state index in [9.17, 15) is 23.3 Å². The van der Waals surface area contributed by atoms with Gasteiger partial charge in [0, 0.05) is 35.8 Å². The molecule has 0 aromatic heterocycles. The third-order valence-corrected chi connectivity index (χ3v) is 5.09. The molecule has 1 fully saturated rings. The summed E-state index contributed by atoms with van der Waals surface area (Å²) in [6.45, 7) is -0.123. The number of hydrogen-bond donors (Lipinski definition) is 0. The molecule has 1 saturated heterocycles. The van der Waals surface area contributed by atoms with Gasteiger partial charge in [0.25, 0.3) is 5.69 Å². The number of carbonyl (C=O) groups excluding carboxylic acids is 1. The number of hydrogen-bond acceptors (Lipinski definition) is 5. The normalized spacial score (nSPS) is 19.4. The average molecular weight is 339 g/mol. The van der Waals surface area contributed by atoms with E-state index in [1.807, 2.05) is 0 Å². The molecule has 1 aromatic carbocycles. The summed E-state index contributed by atoms with van der Waals surface area (Å²) in [5, 5.41) is 9.59. The highest BCUT2D eigenvalue weighted by atomic mass is 35.7. The lowest BCUT2D eigenvalue weighted by molar-refractivity contribution is -0.384. The molecule has 1 unspecified atom stereocenters. The number of carbonyl (C=O) groups is 1. The minimum Gasteiger partial charge on any atom is -0.310 e. The van der Waals surface area contributed by atoms with Crippen molar-refractivity contribution in [2.45, 2.75) is 11.7 Å². The maximum absolute atomic E-state index is 11.8. The molecule has 1 heterocycles. The minimum atomic E-state index is -3.85. The van der Waals surface area contributed by atoms with Crippen LogP contribution in [0, 0.1) is 10.1 Å². The largest absolute Gasteiger partial charge is 0.310 e. The molecular formula is C10H8Cl2N2O5S. The number of halogens is 2. The second kappa shape index (κ2) is 5.19. The summed E-state index contributed by atoms with van der Waals surface area (Å²) in [6, 6.07) is 3.60. The monoisotopic (exact) mass is 338 g/mol. The molecule has 2 rings (SSSR count). The molecule has 7 nitrogen and oxygen atoms in total. The molecule has 0 spiro atoms. The van der Waals surface area contributed by atoms with Crippen LogP contribution >= 0.6 is 22.3 Å². The van der Waals surface area contributed by atoms with Gasteiger partial charge in [-0.1, -0.05) is 11.6 Å². The van der Waals surface area contributed by atoms with Gasteiger partial charge in [0.1, 0.15) is 5.25 Å². The molecule has 0 N–H and O–H groups in total. The maximum atomic E-state index is 11.8. The van der Waals surface area contributed by atoms with Crippen molar-refractivity contribution in [2.75, 3.05) is 11.4 Å². The fraction of sp³-hybridized carbons (Fsp3) is 0.300. The Hall–Kier alpha value is -1.38. The molecular weight excluding hydrogens is 331 g/mol. The fourth-order valence-electron chi connectivity index (χ4n) is 1.92. The van der Waals surface area contributed by atoms with Crippen LogP contribution in [0.1, 0.15) is 6.42 Å². The van der Waals surface area contributed by atoms with Crippen LogP contribution in [0.25, 0.3) is 0 Å². The van der Waals surface area contributed by atoms with Gasteiger partial charge in [0.2, 0.25) is 15.0 Å². The summed E-state index contributed by atoms with van der Waals surface area (Å²) in [5.41, 5.74) is 0.0111. The Labute approximate surface area is 123 Å². The maximum Gasteiger partial charge on any atom is 0.271 e. The van der Waals surface area contributed by atoms with Gasteiger partial charge in [0.05, 0.1) is 15.6 Å². The number of nitro benzene ring substituents is 1. The number of benzene rings is 1. The smallest absolute Gasteiger partial charge is 0.271 e. The predicted molar refractivity (Wildman–Crippen MR) is 73.6 cm³/mol. The molecule has 1 atom stereocenters. The van der Waals surface area contributed by atoms with Crippen LogP contribution in [-0.4, -0.2) is 31.0 Å². The molecule has 1 aliphatic rings. The van der Waals surface area contributed by atoms with Crippen LogP contribution in [0.3, 0.4) is 0 Å². The van der Waals surface area contributed by atoms with E-state index in [0.29, 0.717) is 0 Å². The molecule has 20 heavy (non-hydrogen) atoms. The number of nitro groups is 1. The molecule has 0 radical (unpaired) electrons. The van der Waals surface area contributed by atoms with Crippen LogP contribution in [0.15, 0.2) is 18.2 Å². The zero-order valence-electron chi connectivity index (χ0n) is 9.82. The molecule has 1 aliphatic heterocycles. The average Bonchev–Trinajstić information content (AvgIpc) is 2.71. The Morgan fingerprint density at radius 2 is 2.05 bits per heavy atom. The Bertz CT molecular complexity index is 691. The van der Waals surface area contributed by atoms with Gasteiger partial charge in [-0.2, -0.15) is 0 Å². The Balaban J connectivity index is 2.33. The molecule has 0 aliphatic carbocycles. The topological polar surface area (TPSA) is 97.6 Å². The zero-order chi connectivity index (χ0) is 15.1. The second-order valence-corrected chi connectivity index (χ2v) is 7.51. The third kappa shape index (κ3) is 2.87. The molecule has 1 aromatic rings. The Morgan fingerprint density at radius 1 is 1.40 bits per heavy atom. The van der Waals surface area contributed by atoms with Crippen molar-refractivity contribution in [1.29, 1.82) is 0 Å². The van der Waals surface area contributed by atoms with E-state index in [1.54, 1.807) is 0 Å². The fourth-order valence-corrected chi connectivity index (χ4v) is 3.23. The first kappa shape index (κ1) is 15.0. The summed E-state index contributed by atoms with van der Waals surface area (Å²) in [5.74, 6) is -0.449. The van der Waals surface area contributed by atoms with Crippen LogP contribution in [0.2, 0.25) is 5.02 Å². The number of rotatable bonds is 3. The van der Waals surface area contributed by atoms with E-state index < -0.39 is 25.1 Å². The summed E-state index contributed by atoms with van der Waals surface area (Å²) in [4.78, 5) is 23.0. The summed E-state index contributed by atoms with van der Waals surface area (Å²) < 4.78 is 22.5. The van der Waals surface area contributed by atoms with Gasteiger partial charge < -0.3 is 4.90 Å². The first-order valence-electron chi connectivity index (χ1n) is 5.38. The van der Waals surface area contributed by atoms with Crippen LogP contribution in [0.4, 0.5) is 11.4 Å². The third-order valence-electron chi connectivity index (χ3n) is 2.92. The van der Waals surface area contributed by atoms with Crippen molar-refractivity contribution >= 4 is 48.6 Å². The van der Waals surface area contributed by atoms with Gasteiger partial charge >= 0.3 is 0 Å². The second-order valence-electron chi connectivity index (χ2n) is 4.20. The highest BCUT2D eigenvalue weighted by Crippen LogP contribution is 2.34. The van der Waals surface area contributed by atoms with Crippen LogP contribution < -0.4 is 4.90 Å². The van der Waals surface area contributed by atoms with E-state index in [2.05, 4.69) is 0 Å². The van der Waals surface area contributed by atoms with Gasteiger partial charge in [0.15, 0.2) is 0 Å². The first-order valence-corrected chi connectivity index (χ1v) is 8.13. The number of anilines is 1. The standard InChI is InChI=1S/C10H8Cl2N2O5S/c11-8-3-6(14(16)17)1-2-9(8)13-5-7(4-10(13)15)20(12,18)19/h1-3,7H,4-5H2. The van der Waals surface area contributed by atoms with E-state index in [1.165, 1.54) is 12.1 Å². The van der Waals surface area contributed by atoms with Crippen molar-refractivity contribution in [2.24, 2.45) is 0 Å². The van der Waals surface area contributed by atoms with E-state index in [4.69, 9.17) is 22.3 Å². The van der Waals surface area contributed by atoms with Crippen molar-refractivity contribution in [3.63, 3.8) is 0 Å². The van der Waals surface area contributed by atoms with Crippen molar-refractivity contribution < 1.29 is 18.1 Å². The lowest BCUT2D eigenvalue weighted by Crippen LogP contribution is -2.26. The number of nitrogens with zero attached hydrogens (tertiary/aromatic N) is 2. The zero-order valence-corrected chi connectivity index (χ0v) is 12.2. The lowest BCUT2D eigenvalue weighted by atomic mass is 10.2. The highest BCUT2D eigenvalue weighted by Gasteiger charge is 2.38. The lowest BCUT2D eigenvalue weighted by Gasteiger charge is -2.17. The van der Waals surface area contributed by atoms with Crippen molar-refractivity contribution in [1.82, 2.24) is 0 Å². The first-order chi connectivity index (χ1) is 9.20. The quantitative estimate of drug-likeness (QED) is 0.476. The van der Waals surface area contributed by atoms with E-state index in [-0.39, 0.29) is 29.4 Å². The molecule has 1 amide bonds. The Kier molecular flexibility index (Phi) is 3.90. The summed E-state index contributed by atoms with van der Waals surface area (Å²) in [6.07, 6.45) is -0.237. The van der Waals surface area contributed by atoms with Gasteiger partial charge in [-0.25, -0.2) is 8.42 Å². The molecule has 10 heteroatoms. The van der Waals surface area contributed by atoms with Gasteiger partial charge in [-0.15, -0.1) is 0 Å². The summed E-state index contributed by atoms with van der Waals surface area (Å²) in [7, 11) is 1.38. The van der Waals surface area contributed by atoms with E-state index >= 15 is 0 Å². The summed E-state index contributed by atoms with van der Waals surface area (Å²) >= 11 is 5.90. The van der Waals surface area contributed by atoms with Crippen molar-refractivity contribution in [3.05, 3.63) is 33.3 Å². The SMILES string of the molecule is O=C1CC(S(=O)(=O)Cl)CN1c1ccc([N+](=O)[O-])cc1Cl. The van der Waals surface area contributed by atoms with Crippen LogP contribution in [0.5, 0.6) is 0 Å². The molecule has 108 valence electrons. The highest BCUT2D eigenvalue weighted by molar-refractivity contribution is 8.14. The van der Waals surface area contributed by atoms with E-state index in [0.717, 1.165) is 11.0 Å². The van der Waals surface area contributed by atoms with Gasteiger partial charge in [-0.3, -0.25) is 14.9 Å².